The monoisotopic (exact) mass is 360 g/mol. The summed E-state index contributed by atoms with van der Waals surface area (Å²) in [4.78, 5) is 17.3. The summed E-state index contributed by atoms with van der Waals surface area (Å²) in [5, 5.41) is 4.01. The highest BCUT2D eigenvalue weighted by atomic mass is 19.1. The number of nitrogens with one attached hydrogen (secondary N) is 1. The molecule has 134 valence electrons. The minimum absolute atomic E-state index is 0.189. The third-order valence-corrected chi connectivity index (χ3v) is 4.20. The third kappa shape index (κ3) is 3.52. The van der Waals surface area contributed by atoms with E-state index in [-0.39, 0.29) is 17.8 Å². The number of halogens is 1. The van der Waals surface area contributed by atoms with Crippen LogP contribution in [0.1, 0.15) is 18.7 Å². The number of hydrogen-bond donors (Lipinski definition) is 2. The molecule has 0 amide bonds. The van der Waals surface area contributed by atoms with Crippen LogP contribution in [0.25, 0.3) is 22.2 Å². The molecule has 3 aromatic heterocycles. The van der Waals surface area contributed by atoms with Gasteiger partial charge in [0.05, 0.1) is 22.9 Å². The lowest BCUT2D eigenvalue weighted by atomic mass is 10.0. The van der Waals surface area contributed by atoms with Crippen molar-refractivity contribution < 1.29 is 4.39 Å². The second-order valence-corrected chi connectivity index (χ2v) is 6.14. The molecule has 1 unspecified atom stereocenters. The number of rotatable bonds is 4. The minimum Gasteiger partial charge on any atom is -0.368 e. The van der Waals surface area contributed by atoms with Crippen LogP contribution in [0.5, 0.6) is 0 Å². The van der Waals surface area contributed by atoms with E-state index in [4.69, 9.17) is 10.7 Å². The van der Waals surface area contributed by atoms with E-state index in [0.717, 1.165) is 22.3 Å². The van der Waals surface area contributed by atoms with Crippen molar-refractivity contribution in [3.63, 3.8) is 0 Å². The van der Waals surface area contributed by atoms with E-state index in [0.29, 0.717) is 11.3 Å². The van der Waals surface area contributed by atoms with Gasteiger partial charge in [-0.25, -0.2) is 14.4 Å². The lowest BCUT2D eigenvalue weighted by Gasteiger charge is -2.18. The predicted molar refractivity (Wildman–Crippen MR) is 103 cm³/mol. The van der Waals surface area contributed by atoms with Crippen molar-refractivity contribution >= 4 is 22.7 Å². The van der Waals surface area contributed by atoms with Gasteiger partial charge < -0.3 is 11.1 Å². The van der Waals surface area contributed by atoms with Crippen molar-refractivity contribution in [1.82, 2.24) is 19.9 Å². The Balaban J connectivity index is 1.83. The Hall–Kier alpha value is -3.61. The lowest BCUT2D eigenvalue weighted by Crippen LogP contribution is -2.12. The number of benzene rings is 1. The zero-order chi connectivity index (χ0) is 18.8. The average molecular weight is 360 g/mol. The van der Waals surface area contributed by atoms with Crippen molar-refractivity contribution in [2.45, 2.75) is 13.0 Å². The largest absolute Gasteiger partial charge is 0.368 e. The van der Waals surface area contributed by atoms with Gasteiger partial charge in [0.15, 0.2) is 0 Å². The summed E-state index contributed by atoms with van der Waals surface area (Å²) in [5.41, 5.74) is 8.75. The molecule has 1 atom stereocenters. The van der Waals surface area contributed by atoms with Gasteiger partial charge in [-0.15, -0.1) is 0 Å². The van der Waals surface area contributed by atoms with Crippen LogP contribution in [-0.2, 0) is 0 Å². The van der Waals surface area contributed by atoms with E-state index in [1.165, 1.54) is 12.1 Å². The highest BCUT2D eigenvalue weighted by Gasteiger charge is 2.17. The van der Waals surface area contributed by atoms with E-state index >= 15 is 0 Å². The molecule has 27 heavy (non-hydrogen) atoms. The molecule has 0 saturated heterocycles. The molecule has 0 spiro atoms. The van der Waals surface area contributed by atoms with Crippen LogP contribution < -0.4 is 11.1 Å². The highest BCUT2D eigenvalue weighted by Crippen LogP contribution is 2.30. The maximum atomic E-state index is 13.7. The zero-order valence-corrected chi connectivity index (χ0v) is 14.6. The molecule has 3 heterocycles. The molecule has 4 aromatic rings. The first-order chi connectivity index (χ1) is 13.1. The van der Waals surface area contributed by atoms with Gasteiger partial charge in [-0.2, -0.15) is 4.98 Å². The Morgan fingerprint density at radius 2 is 1.89 bits per heavy atom. The van der Waals surface area contributed by atoms with Crippen LogP contribution in [0.4, 0.5) is 16.2 Å². The summed E-state index contributed by atoms with van der Waals surface area (Å²) < 4.78 is 13.7. The molecule has 6 nitrogen and oxygen atoms in total. The van der Waals surface area contributed by atoms with Crippen molar-refractivity contribution in [3.8, 4) is 11.3 Å². The normalized spacial score (nSPS) is 12.1. The van der Waals surface area contributed by atoms with Crippen molar-refractivity contribution in [2.75, 3.05) is 11.1 Å². The Bertz CT molecular complexity index is 1100. The van der Waals surface area contributed by atoms with E-state index < -0.39 is 0 Å². The van der Waals surface area contributed by atoms with Crippen LogP contribution in [0.15, 0.2) is 60.9 Å². The fourth-order valence-electron chi connectivity index (χ4n) is 2.96. The summed E-state index contributed by atoms with van der Waals surface area (Å²) in [6, 6.07) is 13.7. The molecule has 0 bridgehead atoms. The molecule has 0 aliphatic rings. The lowest BCUT2D eigenvalue weighted by molar-refractivity contribution is 0.629. The van der Waals surface area contributed by atoms with Gasteiger partial charge >= 0.3 is 0 Å². The third-order valence-electron chi connectivity index (χ3n) is 4.20. The van der Waals surface area contributed by atoms with Gasteiger partial charge in [0.2, 0.25) is 5.95 Å². The molecule has 7 heteroatoms. The maximum Gasteiger partial charge on any atom is 0.221 e. The molecule has 0 aliphatic carbocycles. The van der Waals surface area contributed by atoms with Crippen LogP contribution >= 0.6 is 0 Å². The number of nitrogens with two attached hydrogens (primary N) is 1. The van der Waals surface area contributed by atoms with Crippen LogP contribution in [0.2, 0.25) is 0 Å². The summed E-state index contributed by atoms with van der Waals surface area (Å²) in [7, 11) is 0. The number of aromatic nitrogens is 4. The molecule has 0 aliphatic heterocycles. The molecule has 0 fully saturated rings. The van der Waals surface area contributed by atoms with Gasteiger partial charge in [-0.1, -0.05) is 6.07 Å². The van der Waals surface area contributed by atoms with Crippen LogP contribution in [0, 0.1) is 5.82 Å². The van der Waals surface area contributed by atoms with Crippen LogP contribution in [-0.4, -0.2) is 19.9 Å². The van der Waals surface area contributed by atoms with Crippen molar-refractivity contribution in [3.05, 3.63) is 72.4 Å². The molecular formula is C20H17FN6. The van der Waals surface area contributed by atoms with E-state index in [9.17, 15) is 4.39 Å². The van der Waals surface area contributed by atoms with Crippen molar-refractivity contribution in [2.24, 2.45) is 0 Å². The summed E-state index contributed by atoms with van der Waals surface area (Å²) in [6.07, 6.45) is 3.31. The topological polar surface area (TPSA) is 89.6 Å². The molecule has 1 aromatic carbocycles. The standard InChI is InChI=1S/C20H17FN6/c1-12(25-18-7-9-24-20(22)27-18)19-15(17-4-2-3-8-23-17)11-13-10-14(21)5-6-16(13)26-19/h2-12H,1H3,(H3,22,24,25,27). The highest BCUT2D eigenvalue weighted by molar-refractivity contribution is 5.84. The average Bonchev–Trinajstić information content (AvgIpc) is 2.67. The quantitative estimate of drug-likeness (QED) is 0.572. The Labute approximate surface area is 155 Å². The number of hydrogen-bond acceptors (Lipinski definition) is 6. The molecule has 3 N–H and O–H groups in total. The van der Waals surface area contributed by atoms with E-state index in [1.807, 2.05) is 31.2 Å². The molecule has 0 radical (unpaired) electrons. The second-order valence-electron chi connectivity index (χ2n) is 6.14. The molecule has 0 saturated carbocycles. The number of anilines is 2. The van der Waals surface area contributed by atoms with Crippen LogP contribution in [0.3, 0.4) is 0 Å². The summed E-state index contributed by atoms with van der Waals surface area (Å²) >= 11 is 0. The Kier molecular flexibility index (Phi) is 4.33. The van der Waals surface area contributed by atoms with E-state index in [1.54, 1.807) is 24.5 Å². The van der Waals surface area contributed by atoms with Gasteiger partial charge in [-0.3, -0.25) is 4.98 Å². The van der Waals surface area contributed by atoms with Gasteiger partial charge in [0.1, 0.15) is 11.6 Å². The van der Waals surface area contributed by atoms with E-state index in [2.05, 4.69) is 20.3 Å². The number of pyridine rings is 2. The van der Waals surface area contributed by atoms with Gasteiger partial charge in [-0.05, 0) is 49.4 Å². The first-order valence-electron chi connectivity index (χ1n) is 8.47. The number of nitrogen functional groups attached to an aromatic ring is 1. The Morgan fingerprint density at radius 3 is 2.67 bits per heavy atom. The molecule has 4 rings (SSSR count). The fraction of sp³-hybridized carbons (Fsp3) is 0.100. The maximum absolute atomic E-state index is 13.7. The second kappa shape index (κ2) is 6.95. The number of nitrogens with zero attached hydrogens (tertiary/aromatic N) is 4. The smallest absolute Gasteiger partial charge is 0.221 e. The Morgan fingerprint density at radius 1 is 1.00 bits per heavy atom. The molecular weight excluding hydrogens is 343 g/mol. The summed E-state index contributed by atoms with van der Waals surface area (Å²) in [6.45, 7) is 1.97. The number of fused-ring (bicyclic) bond motifs is 1. The zero-order valence-electron chi connectivity index (χ0n) is 14.6. The SMILES string of the molecule is CC(Nc1ccnc(N)n1)c1nc2ccc(F)cc2cc1-c1ccccn1. The summed E-state index contributed by atoms with van der Waals surface area (Å²) in [5.74, 6) is 0.494. The van der Waals surface area contributed by atoms with Gasteiger partial charge in [0.25, 0.3) is 0 Å². The minimum atomic E-state index is -0.299. The van der Waals surface area contributed by atoms with Crippen molar-refractivity contribution in [1.29, 1.82) is 0 Å². The first kappa shape index (κ1) is 16.8. The first-order valence-corrected chi connectivity index (χ1v) is 8.47. The van der Waals surface area contributed by atoms with Gasteiger partial charge in [0, 0.05) is 23.3 Å². The fourth-order valence-corrected chi connectivity index (χ4v) is 2.96. The predicted octanol–water partition coefficient (Wildman–Crippen LogP) is 3.98.